The minimum Gasteiger partial charge on any atom is -0.477 e. The molecule has 0 saturated carbocycles. The maximum Gasteiger partial charge on any atom is 0.364 e. The maximum atomic E-state index is 14.1. The molecule has 7 fully saturated rings. The molecule has 7 heterocycles. The first-order chi connectivity index (χ1) is 65.1. The highest BCUT2D eigenvalue weighted by atomic mass is 16.8. The number of aliphatic carboxylic acids is 1. The van der Waals surface area contributed by atoms with Gasteiger partial charge in [0.25, 0.3) is 5.79 Å². The second kappa shape index (κ2) is 61.7. The number of hydrogen-bond donors (Lipinski definition) is 26. The van der Waals surface area contributed by atoms with E-state index in [4.69, 9.17) is 66.3 Å². The number of aliphatic hydroxyl groups excluding tert-OH is 21. The van der Waals surface area contributed by atoms with Crippen LogP contribution in [0.5, 0.6) is 0 Å². The monoisotopic (exact) mass is 1970 g/mol. The van der Waals surface area contributed by atoms with E-state index in [0.29, 0.717) is 12.8 Å². The number of carboxylic acids is 1. The third-order valence-corrected chi connectivity index (χ3v) is 26.2. The SMILES string of the molecule is CCCCCCCCCCCCC/C=C/[C@@H](O)[C@H](CO[C@@H]1OC(CO)[C@@H](O[C@@H]2OC(CO)[C@H](O[C@@H]3OC(CO)[C@H](O)[C@H](O[C@@H]4OC(CO)[C@H](O)[C@H](O[C@@H]5OC(CO)[C@@H](O[C@@H]6OC(CO)[C@H](O)[C@H](O)C6O)[C@H](O)C5NC(C)=O)C4O)C3NC(C)=O)[C@H](O[C@]3(C(=O)O)CC(O)[C@@H](NC(C)=O)C([C@H](O)[C@H](O)CO)O3)C2O)[C@H](O)C1O)NC(=O)CCCCCCCCCCCCCCCCCCCCC. The van der Waals surface area contributed by atoms with Gasteiger partial charge in [-0.05, 0) is 19.3 Å². The Morgan fingerprint density at radius 3 is 1.23 bits per heavy atom. The molecule has 0 aromatic rings. The highest BCUT2D eigenvalue weighted by Crippen LogP contribution is 2.43. The lowest BCUT2D eigenvalue weighted by molar-refractivity contribution is -0.404. The standard InChI is InChI=1S/C91H162N4O41/c1-6-8-10-12-14-16-18-20-21-22-23-24-25-27-29-31-33-35-37-39-62(109)95-52(53(106)38-36-34-32-30-28-26-19-17-15-13-11-9-7-2)48-123-86-74(118)72(116)78(60(46-101)128-86)131-89-76(120)83(136-91(90(121)122)40-54(107)63(92-49(3)103)81(135-91)66(110)55(108)41-96)79(61(47-102)129-89)132-85-65(94-51(5)105)80(68(112)57(43-98)124-85)133-88-75(119)82(69(113)58(44-99)126-88)134-84-64(93-50(4)104)70(114)77(59(45-100)127-84)130-87-73(117)71(115)67(111)56(42-97)125-87/h36,38,52-61,63-89,96-102,106-108,110-120H,6-35,37,39-48H2,1-5H3,(H,92,103)(H,93,104)(H,94,105)(H,95,109)(H,121,122)/b38-36+/t52-,53+,54?,55+,56?,57?,58?,59?,60?,61?,63+,64?,65?,66+,67-,68-,69-,70+,71-,72+,73?,74?,75?,76?,77+,78+,79-,80+,81?,82-,83+,84-,85-,86+,87-,88-,89-,91-/m0/s1. The third-order valence-electron chi connectivity index (χ3n) is 26.2. The number of rotatable bonds is 63. The molecule has 0 bridgehead atoms. The van der Waals surface area contributed by atoms with Gasteiger partial charge < -0.3 is 200 Å². The second-order valence-corrected chi connectivity index (χ2v) is 37.0. The van der Waals surface area contributed by atoms with Gasteiger partial charge in [-0.1, -0.05) is 206 Å². The summed E-state index contributed by atoms with van der Waals surface area (Å²) in [5.74, 6) is -8.99. The topological polar surface area (TPSA) is 708 Å². The molecule has 26 N–H and O–H groups in total. The number of amides is 4. The Kier molecular flexibility index (Phi) is 53.9. The summed E-state index contributed by atoms with van der Waals surface area (Å²) in [6.45, 7) is -1.43. The van der Waals surface area contributed by atoms with Crippen molar-refractivity contribution in [1.82, 2.24) is 21.3 Å². The van der Waals surface area contributed by atoms with Crippen molar-refractivity contribution in [3.63, 3.8) is 0 Å². The molecule has 4 amide bonds. The van der Waals surface area contributed by atoms with Gasteiger partial charge in [-0.25, -0.2) is 4.79 Å². The van der Waals surface area contributed by atoms with Gasteiger partial charge in [-0.2, -0.15) is 0 Å². The van der Waals surface area contributed by atoms with Crippen LogP contribution in [0.25, 0.3) is 0 Å². The van der Waals surface area contributed by atoms with Gasteiger partial charge in [0.05, 0.1) is 77.1 Å². The third kappa shape index (κ3) is 35.0. The Labute approximate surface area is 794 Å². The molecule has 38 atom stereocenters. The van der Waals surface area contributed by atoms with E-state index in [1.165, 1.54) is 128 Å². The Balaban J connectivity index is 1.13. The summed E-state index contributed by atoms with van der Waals surface area (Å²) in [5.41, 5.74) is 0. The van der Waals surface area contributed by atoms with Gasteiger partial charge in [0, 0.05) is 33.6 Å². The molecule has 7 aliphatic rings. The lowest BCUT2D eigenvalue weighted by Gasteiger charge is -2.53. The van der Waals surface area contributed by atoms with Gasteiger partial charge in [0.15, 0.2) is 37.7 Å². The van der Waals surface area contributed by atoms with Crippen molar-refractivity contribution >= 4 is 29.6 Å². The van der Waals surface area contributed by atoms with E-state index in [1.54, 1.807) is 6.08 Å². The molecule has 792 valence electrons. The Bertz CT molecular complexity index is 3370. The van der Waals surface area contributed by atoms with Crippen LogP contribution in [0, 0.1) is 0 Å². The summed E-state index contributed by atoms with van der Waals surface area (Å²) >= 11 is 0. The van der Waals surface area contributed by atoms with E-state index in [0.717, 1.165) is 85.0 Å². The number of nitrogens with one attached hydrogen (secondary N) is 4. The summed E-state index contributed by atoms with van der Waals surface area (Å²) in [6.07, 6.45) is -32.9. The molecule has 14 unspecified atom stereocenters. The molecule has 7 rings (SSSR count). The van der Waals surface area contributed by atoms with E-state index >= 15 is 0 Å². The molecule has 0 spiro atoms. The first-order valence-electron chi connectivity index (χ1n) is 49.1. The lowest BCUT2D eigenvalue weighted by Crippen LogP contribution is -2.72. The molecular weight excluding hydrogens is 1800 g/mol. The van der Waals surface area contributed by atoms with Crippen LogP contribution < -0.4 is 21.3 Å². The highest BCUT2D eigenvalue weighted by Gasteiger charge is 2.63. The van der Waals surface area contributed by atoms with Crippen LogP contribution in [-0.4, -0.2) is 427 Å². The van der Waals surface area contributed by atoms with Crippen molar-refractivity contribution in [2.24, 2.45) is 0 Å². The predicted molar refractivity (Wildman–Crippen MR) is 474 cm³/mol. The number of carbonyl (C=O) groups excluding carboxylic acids is 4. The highest BCUT2D eigenvalue weighted by molar-refractivity contribution is 5.77. The summed E-state index contributed by atoms with van der Waals surface area (Å²) in [4.78, 5) is 67.0. The van der Waals surface area contributed by atoms with Gasteiger partial charge in [0.2, 0.25) is 23.6 Å². The number of carbonyl (C=O) groups is 5. The summed E-state index contributed by atoms with van der Waals surface area (Å²) in [7, 11) is 0. The number of carboxylic acid groups (broad SMARTS) is 1. The maximum absolute atomic E-state index is 14.1. The molecule has 45 nitrogen and oxygen atoms in total. The van der Waals surface area contributed by atoms with Crippen molar-refractivity contribution in [3.05, 3.63) is 12.2 Å². The Morgan fingerprint density at radius 2 is 0.750 bits per heavy atom. The quantitative estimate of drug-likeness (QED) is 0.0206. The van der Waals surface area contributed by atoms with Gasteiger partial charge >= 0.3 is 5.97 Å². The number of hydrogen-bond acceptors (Lipinski definition) is 40. The van der Waals surface area contributed by atoms with E-state index in [2.05, 4.69) is 35.1 Å². The lowest BCUT2D eigenvalue weighted by atomic mass is 9.88. The molecule has 136 heavy (non-hydrogen) atoms. The average Bonchev–Trinajstić information content (AvgIpc) is 0.744. The molecule has 0 aromatic carbocycles. The second-order valence-electron chi connectivity index (χ2n) is 37.0. The van der Waals surface area contributed by atoms with E-state index in [9.17, 15) is 136 Å². The van der Waals surface area contributed by atoms with Crippen molar-refractivity contribution in [1.29, 1.82) is 0 Å². The Hall–Kier alpha value is -4.31. The zero-order valence-corrected chi connectivity index (χ0v) is 79.1. The molecule has 0 radical (unpaired) electrons. The number of aliphatic hydroxyl groups is 21. The fourth-order valence-corrected chi connectivity index (χ4v) is 18.4. The van der Waals surface area contributed by atoms with Crippen LogP contribution in [0.15, 0.2) is 12.2 Å². The van der Waals surface area contributed by atoms with Crippen LogP contribution in [-0.2, 0) is 90.3 Å². The minimum absolute atomic E-state index is 0.0981. The normalized spacial score (nSPS) is 36.6. The largest absolute Gasteiger partial charge is 0.477 e. The molecule has 7 saturated heterocycles. The number of unbranched alkanes of at least 4 members (excludes halogenated alkanes) is 29. The first kappa shape index (κ1) is 119. The van der Waals surface area contributed by atoms with Crippen molar-refractivity contribution in [2.45, 2.75) is 479 Å². The summed E-state index contributed by atoms with van der Waals surface area (Å²) < 4.78 is 84.6. The zero-order chi connectivity index (χ0) is 99.9. The smallest absolute Gasteiger partial charge is 0.364 e. The van der Waals surface area contributed by atoms with E-state index < -0.39 is 321 Å². The summed E-state index contributed by atoms with van der Waals surface area (Å²) in [5, 5.41) is 259. The van der Waals surface area contributed by atoms with Crippen LogP contribution in [0.3, 0.4) is 0 Å². The minimum atomic E-state index is -3.49. The fourth-order valence-electron chi connectivity index (χ4n) is 18.4. The van der Waals surface area contributed by atoms with Crippen molar-refractivity contribution < 1.29 is 203 Å². The van der Waals surface area contributed by atoms with Crippen LogP contribution in [0.1, 0.15) is 247 Å². The Morgan fingerprint density at radius 1 is 0.382 bits per heavy atom. The van der Waals surface area contributed by atoms with Crippen molar-refractivity contribution in [3.8, 4) is 0 Å². The molecule has 0 aliphatic carbocycles. The van der Waals surface area contributed by atoms with Gasteiger partial charge in [-0.15, -0.1) is 0 Å². The average molecular weight is 1970 g/mol. The fraction of sp³-hybridized carbons (Fsp3) is 0.923. The van der Waals surface area contributed by atoms with Gasteiger partial charge in [-0.3, -0.25) is 19.2 Å². The van der Waals surface area contributed by atoms with Crippen LogP contribution in [0.2, 0.25) is 0 Å². The molecule has 7 aliphatic heterocycles. The summed E-state index contributed by atoms with van der Waals surface area (Å²) in [6, 6.07) is -7.01. The molecule has 45 heteroatoms. The molecular formula is C91H162N4O41. The van der Waals surface area contributed by atoms with Crippen molar-refractivity contribution in [2.75, 3.05) is 52.9 Å². The van der Waals surface area contributed by atoms with Crippen LogP contribution in [0.4, 0.5) is 0 Å². The number of allylic oxidation sites excluding steroid dienone is 1. The van der Waals surface area contributed by atoms with E-state index in [-0.39, 0.29) is 6.42 Å². The zero-order valence-electron chi connectivity index (χ0n) is 79.1. The van der Waals surface area contributed by atoms with Crippen LogP contribution >= 0.6 is 0 Å². The number of ether oxygens (including phenoxy) is 14. The first-order valence-corrected chi connectivity index (χ1v) is 49.1. The van der Waals surface area contributed by atoms with E-state index in [1.807, 2.05) is 0 Å². The predicted octanol–water partition coefficient (Wildman–Crippen LogP) is -3.69. The molecule has 0 aromatic heterocycles. The van der Waals surface area contributed by atoms with Gasteiger partial charge in [0.1, 0.15) is 165 Å².